The number of fused-ring (bicyclic) bond motifs is 2. The molecular formula is C23H35N3O2S. The third-order valence-electron chi connectivity index (χ3n) is 7.28. The van der Waals surface area contributed by atoms with Gasteiger partial charge in [-0.1, -0.05) is 23.8 Å². The van der Waals surface area contributed by atoms with E-state index >= 15 is 0 Å². The summed E-state index contributed by atoms with van der Waals surface area (Å²) in [6, 6.07) is -0.255. The van der Waals surface area contributed by atoms with Crippen LogP contribution in [0.4, 0.5) is 0 Å². The molecule has 2 amide bonds. The van der Waals surface area contributed by atoms with Crippen LogP contribution < -0.4 is 10.6 Å². The SMILES string of the molecule is CNC(C)C(=O)N[C@H]1CCC[C@H]2CCC3(CC3SCCC3=CC=CCC3)N2C1=O. The number of amides is 2. The van der Waals surface area contributed by atoms with E-state index in [9.17, 15) is 9.59 Å². The van der Waals surface area contributed by atoms with Gasteiger partial charge in [0.05, 0.1) is 11.6 Å². The largest absolute Gasteiger partial charge is 0.343 e. The molecule has 2 aliphatic heterocycles. The molecule has 0 aromatic carbocycles. The fourth-order valence-corrected chi connectivity index (χ4v) is 6.91. The van der Waals surface area contributed by atoms with E-state index in [0.717, 1.165) is 44.3 Å². The van der Waals surface area contributed by atoms with Crippen molar-refractivity contribution in [3.63, 3.8) is 0 Å². The van der Waals surface area contributed by atoms with E-state index < -0.39 is 0 Å². The van der Waals surface area contributed by atoms with Gasteiger partial charge in [-0.25, -0.2) is 0 Å². The standard InChI is InChI=1S/C23H35N3O2S/c1-16(24-2)21(27)25-19-10-6-9-18-11-13-23(26(18)22(19)28)15-20(23)29-14-12-17-7-4-3-5-8-17/h3-4,7,16,18-20,24H,5-6,8-15H2,1-2H3,(H,25,27)/t16?,18-,19-,20?,23?/m0/s1. The third kappa shape index (κ3) is 4.29. The summed E-state index contributed by atoms with van der Waals surface area (Å²) in [5.74, 6) is 1.25. The minimum Gasteiger partial charge on any atom is -0.343 e. The molecule has 5 atom stereocenters. The molecule has 4 rings (SSSR count). The summed E-state index contributed by atoms with van der Waals surface area (Å²) in [5, 5.41) is 6.56. The second kappa shape index (κ2) is 8.84. The Morgan fingerprint density at radius 3 is 3.00 bits per heavy atom. The number of allylic oxidation sites excluding steroid dienone is 4. The van der Waals surface area contributed by atoms with Crippen LogP contribution in [0.2, 0.25) is 0 Å². The molecule has 1 saturated carbocycles. The molecule has 3 fully saturated rings. The first-order chi connectivity index (χ1) is 14.0. The lowest BCUT2D eigenvalue weighted by Crippen LogP contribution is -2.54. The van der Waals surface area contributed by atoms with Crippen LogP contribution in [0.1, 0.15) is 64.7 Å². The van der Waals surface area contributed by atoms with Gasteiger partial charge in [0.1, 0.15) is 6.04 Å². The van der Waals surface area contributed by atoms with Crippen LogP contribution >= 0.6 is 11.8 Å². The molecular weight excluding hydrogens is 382 g/mol. The summed E-state index contributed by atoms with van der Waals surface area (Å²) in [5.41, 5.74) is 1.63. The van der Waals surface area contributed by atoms with Gasteiger partial charge >= 0.3 is 0 Å². The first kappa shape index (κ1) is 21.0. The van der Waals surface area contributed by atoms with Crippen molar-refractivity contribution in [1.29, 1.82) is 0 Å². The zero-order valence-electron chi connectivity index (χ0n) is 17.8. The lowest BCUT2D eigenvalue weighted by Gasteiger charge is -2.32. The Balaban J connectivity index is 1.37. The van der Waals surface area contributed by atoms with Crippen molar-refractivity contribution in [3.05, 3.63) is 23.8 Å². The Kier molecular flexibility index (Phi) is 6.40. The Hall–Kier alpha value is -1.27. The second-order valence-corrected chi connectivity index (χ2v) is 10.4. The smallest absolute Gasteiger partial charge is 0.245 e. The molecule has 0 bridgehead atoms. The van der Waals surface area contributed by atoms with Crippen LogP contribution in [0, 0.1) is 0 Å². The predicted octanol–water partition coefficient (Wildman–Crippen LogP) is 3.16. The van der Waals surface area contributed by atoms with Gasteiger partial charge in [0.2, 0.25) is 11.8 Å². The third-order valence-corrected chi connectivity index (χ3v) is 8.73. The first-order valence-electron chi connectivity index (χ1n) is 11.3. The Labute approximate surface area is 179 Å². The van der Waals surface area contributed by atoms with E-state index in [4.69, 9.17) is 0 Å². The molecule has 160 valence electrons. The van der Waals surface area contributed by atoms with E-state index in [1.165, 1.54) is 19.3 Å². The number of carbonyl (C=O) groups is 2. The van der Waals surface area contributed by atoms with Gasteiger partial charge < -0.3 is 15.5 Å². The van der Waals surface area contributed by atoms with Crippen LogP contribution in [-0.2, 0) is 9.59 Å². The van der Waals surface area contributed by atoms with Crippen molar-refractivity contribution in [3.8, 4) is 0 Å². The highest BCUT2D eigenvalue weighted by molar-refractivity contribution is 8.00. The molecule has 3 unspecified atom stereocenters. The number of thioether (sulfide) groups is 1. The molecule has 29 heavy (non-hydrogen) atoms. The van der Waals surface area contributed by atoms with Crippen molar-refractivity contribution < 1.29 is 9.59 Å². The van der Waals surface area contributed by atoms with E-state index in [0.29, 0.717) is 11.3 Å². The van der Waals surface area contributed by atoms with Gasteiger partial charge in [0.15, 0.2) is 0 Å². The fraction of sp³-hybridized carbons (Fsp3) is 0.739. The number of nitrogens with one attached hydrogen (secondary N) is 2. The van der Waals surface area contributed by atoms with Crippen LogP contribution in [0.15, 0.2) is 23.8 Å². The Morgan fingerprint density at radius 2 is 2.24 bits per heavy atom. The minimum absolute atomic E-state index is 0.0647. The summed E-state index contributed by atoms with van der Waals surface area (Å²) in [7, 11) is 1.77. The summed E-state index contributed by atoms with van der Waals surface area (Å²) >= 11 is 2.06. The van der Waals surface area contributed by atoms with Crippen LogP contribution in [0.3, 0.4) is 0 Å². The number of hydrogen-bond donors (Lipinski definition) is 2. The highest BCUT2D eigenvalue weighted by Crippen LogP contribution is 2.59. The maximum absolute atomic E-state index is 13.5. The zero-order valence-corrected chi connectivity index (χ0v) is 18.6. The summed E-state index contributed by atoms with van der Waals surface area (Å²) in [4.78, 5) is 28.1. The molecule has 4 aliphatic rings. The maximum atomic E-state index is 13.5. The predicted molar refractivity (Wildman–Crippen MR) is 119 cm³/mol. The molecule has 2 aliphatic carbocycles. The Morgan fingerprint density at radius 1 is 1.38 bits per heavy atom. The fourth-order valence-electron chi connectivity index (χ4n) is 5.30. The average molecular weight is 418 g/mol. The topological polar surface area (TPSA) is 61.4 Å². The van der Waals surface area contributed by atoms with Crippen LogP contribution in [0.25, 0.3) is 0 Å². The van der Waals surface area contributed by atoms with Gasteiger partial charge in [-0.2, -0.15) is 11.8 Å². The second-order valence-electron chi connectivity index (χ2n) is 9.11. The van der Waals surface area contributed by atoms with Crippen molar-refractivity contribution in [1.82, 2.24) is 15.5 Å². The van der Waals surface area contributed by atoms with E-state index in [2.05, 4.69) is 45.5 Å². The van der Waals surface area contributed by atoms with Gasteiger partial charge in [0.25, 0.3) is 0 Å². The van der Waals surface area contributed by atoms with Crippen molar-refractivity contribution in [2.75, 3.05) is 12.8 Å². The normalized spacial score (nSPS) is 34.6. The van der Waals surface area contributed by atoms with E-state index in [1.54, 1.807) is 12.6 Å². The molecule has 2 heterocycles. The van der Waals surface area contributed by atoms with Gasteiger partial charge in [-0.05, 0) is 77.5 Å². The van der Waals surface area contributed by atoms with Crippen molar-refractivity contribution in [2.24, 2.45) is 0 Å². The van der Waals surface area contributed by atoms with E-state index in [-0.39, 0.29) is 29.4 Å². The molecule has 0 aromatic heterocycles. The monoisotopic (exact) mass is 417 g/mol. The number of nitrogens with zero attached hydrogens (tertiary/aromatic N) is 1. The van der Waals surface area contributed by atoms with Crippen LogP contribution in [-0.4, -0.2) is 58.4 Å². The lowest BCUT2D eigenvalue weighted by atomic mass is 10.0. The van der Waals surface area contributed by atoms with Gasteiger partial charge in [-0.15, -0.1) is 0 Å². The lowest BCUT2D eigenvalue weighted by molar-refractivity contribution is -0.139. The highest BCUT2D eigenvalue weighted by atomic mass is 32.2. The molecule has 1 spiro atoms. The van der Waals surface area contributed by atoms with E-state index in [1.807, 2.05) is 6.92 Å². The number of hydrogen-bond acceptors (Lipinski definition) is 4. The summed E-state index contributed by atoms with van der Waals surface area (Å²) in [6.07, 6.45) is 16.5. The van der Waals surface area contributed by atoms with Crippen molar-refractivity contribution in [2.45, 2.75) is 93.6 Å². The number of carbonyl (C=O) groups excluding carboxylic acids is 2. The first-order valence-corrected chi connectivity index (χ1v) is 12.4. The molecule has 2 N–H and O–H groups in total. The highest BCUT2D eigenvalue weighted by Gasteiger charge is 2.65. The summed E-state index contributed by atoms with van der Waals surface area (Å²) < 4.78 is 0. The quantitative estimate of drug-likeness (QED) is 0.668. The number of likely N-dealkylation sites (N-methyl/N-ethyl adjacent to an activating group) is 1. The van der Waals surface area contributed by atoms with Gasteiger partial charge in [0, 0.05) is 11.3 Å². The maximum Gasteiger partial charge on any atom is 0.245 e. The molecule has 0 aromatic rings. The van der Waals surface area contributed by atoms with Crippen molar-refractivity contribution >= 4 is 23.6 Å². The average Bonchev–Trinajstić information content (AvgIpc) is 3.34. The molecule has 2 saturated heterocycles. The Bertz CT molecular complexity index is 706. The zero-order chi connectivity index (χ0) is 20.4. The molecule has 5 nitrogen and oxygen atoms in total. The molecule has 6 heteroatoms. The van der Waals surface area contributed by atoms with Gasteiger partial charge in [-0.3, -0.25) is 9.59 Å². The summed E-state index contributed by atoms with van der Waals surface area (Å²) in [6.45, 7) is 1.84. The van der Waals surface area contributed by atoms with Crippen LogP contribution in [0.5, 0.6) is 0 Å². The molecule has 0 radical (unpaired) electrons. The minimum atomic E-state index is -0.358. The number of rotatable bonds is 7.